The molecule has 4 N–H and O–H groups in total. The summed E-state index contributed by atoms with van der Waals surface area (Å²) in [7, 11) is 0. The van der Waals surface area contributed by atoms with Crippen LogP contribution in [0.4, 0.5) is 5.69 Å². The van der Waals surface area contributed by atoms with Crippen LogP contribution in [0.25, 0.3) is 0 Å². The van der Waals surface area contributed by atoms with Gasteiger partial charge in [-0.15, -0.1) is 11.3 Å². The minimum Gasteiger partial charge on any atom is -0.346 e. The smallest absolute Gasteiger partial charge is 0.270 e. The van der Waals surface area contributed by atoms with Gasteiger partial charge in [0, 0.05) is 15.5 Å². The van der Waals surface area contributed by atoms with Crippen molar-refractivity contribution in [1.82, 2.24) is 10.3 Å². The Hall–Kier alpha value is -1.44. The van der Waals surface area contributed by atoms with Crippen molar-refractivity contribution in [1.29, 1.82) is 0 Å². The SMILES string of the molecule is NNc1ccnc(C(=O)NCc2sccc2Br)c1. The van der Waals surface area contributed by atoms with E-state index in [-0.39, 0.29) is 5.91 Å². The Labute approximate surface area is 117 Å². The van der Waals surface area contributed by atoms with E-state index in [1.165, 1.54) is 6.20 Å². The number of nitrogen functional groups attached to an aromatic ring is 1. The zero-order chi connectivity index (χ0) is 13.0. The van der Waals surface area contributed by atoms with Crippen LogP contribution >= 0.6 is 27.3 Å². The van der Waals surface area contributed by atoms with Crippen molar-refractivity contribution >= 4 is 38.9 Å². The van der Waals surface area contributed by atoms with E-state index >= 15 is 0 Å². The number of hydrogen-bond donors (Lipinski definition) is 3. The summed E-state index contributed by atoms with van der Waals surface area (Å²) in [6, 6.07) is 5.23. The Morgan fingerprint density at radius 1 is 1.50 bits per heavy atom. The average Bonchev–Trinajstić information content (AvgIpc) is 2.81. The molecule has 94 valence electrons. The number of nitrogens with two attached hydrogens (primary N) is 1. The van der Waals surface area contributed by atoms with Gasteiger partial charge < -0.3 is 10.7 Å². The lowest BCUT2D eigenvalue weighted by Crippen LogP contribution is -2.23. The van der Waals surface area contributed by atoms with E-state index in [1.807, 2.05) is 11.4 Å². The summed E-state index contributed by atoms with van der Waals surface area (Å²) in [5, 5.41) is 4.76. The van der Waals surface area contributed by atoms with Gasteiger partial charge in [0.25, 0.3) is 5.91 Å². The molecule has 0 saturated heterocycles. The third-order valence-corrected chi connectivity index (χ3v) is 4.19. The molecule has 2 heterocycles. The summed E-state index contributed by atoms with van der Waals surface area (Å²) in [4.78, 5) is 16.9. The van der Waals surface area contributed by atoms with Crippen LogP contribution in [0.3, 0.4) is 0 Å². The zero-order valence-electron chi connectivity index (χ0n) is 9.31. The molecule has 2 aromatic rings. The summed E-state index contributed by atoms with van der Waals surface area (Å²) in [5.41, 5.74) is 3.45. The van der Waals surface area contributed by atoms with Gasteiger partial charge in [-0.05, 0) is 39.5 Å². The minimum atomic E-state index is -0.229. The van der Waals surface area contributed by atoms with Gasteiger partial charge in [0.1, 0.15) is 5.69 Å². The standard InChI is InChI=1S/C11H11BrN4OS/c12-8-2-4-18-10(8)6-15-11(17)9-5-7(16-13)1-3-14-9/h1-5H,6,13H2,(H,14,16)(H,15,17). The van der Waals surface area contributed by atoms with E-state index < -0.39 is 0 Å². The van der Waals surface area contributed by atoms with Crippen LogP contribution < -0.4 is 16.6 Å². The van der Waals surface area contributed by atoms with Crippen LogP contribution in [0.15, 0.2) is 34.2 Å². The molecule has 0 saturated carbocycles. The number of rotatable bonds is 4. The molecule has 0 aliphatic rings. The molecule has 0 spiro atoms. The number of nitrogens with zero attached hydrogens (tertiary/aromatic N) is 1. The second kappa shape index (κ2) is 5.94. The maximum Gasteiger partial charge on any atom is 0.270 e. The summed E-state index contributed by atoms with van der Waals surface area (Å²) in [6.07, 6.45) is 1.53. The maximum atomic E-state index is 11.9. The number of nitrogens with one attached hydrogen (secondary N) is 2. The Morgan fingerprint density at radius 2 is 2.33 bits per heavy atom. The molecular weight excluding hydrogens is 316 g/mol. The molecular formula is C11H11BrN4OS. The predicted molar refractivity (Wildman–Crippen MR) is 75.2 cm³/mol. The Morgan fingerprint density at radius 3 is 3.00 bits per heavy atom. The highest BCUT2D eigenvalue weighted by molar-refractivity contribution is 9.10. The van der Waals surface area contributed by atoms with Gasteiger partial charge in [-0.1, -0.05) is 0 Å². The third-order valence-electron chi connectivity index (χ3n) is 2.26. The normalized spacial score (nSPS) is 10.1. The summed E-state index contributed by atoms with van der Waals surface area (Å²) in [6.45, 7) is 0.471. The monoisotopic (exact) mass is 326 g/mol. The fourth-order valence-electron chi connectivity index (χ4n) is 1.35. The number of amides is 1. The van der Waals surface area contributed by atoms with Crippen LogP contribution in [0.2, 0.25) is 0 Å². The highest BCUT2D eigenvalue weighted by Crippen LogP contribution is 2.22. The number of pyridine rings is 1. The van der Waals surface area contributed by atoms with Gasteiger partial charge in [0.15, 0.2) is 0 Å². The quantitative estimate of drug-likeness (QED) is 0.594. The number of aromatic nitrogens is 1. The van der Waals surface area contributed by atoms with Crippen LogP contribution in [0.1, 0.15) is 15.4 Å². The number of halogens is 1. The van der Waals surface area contributed by atoms with Crippen molar-refractivity contribution in [2.75, 3.05) is 5.43 Å². The van der Waals surface area contributed by atoms with Gasteiger partial charge >= 0.3 is 0 Å². The first kappa shape index (κ1) is 13.0. The number of carbonyl (C=O) groups is 1. The largest absolute Gasteiger partial charge is 0.346 e. The third kappa shape index (κ3) is 3.06. The van der Waals surface area contributed by atoms with Crippen LogP contribution in [0.5, 0.6) is 0 Å². The van der Waals surface area contributed by atoms with Crippen molar-refractivity contribution < 1.29 is 4.79 Å². The molecule has 0 atom stereocenters. The Balaban J connectivity index is 2.01. The maximum absolute atomic E-state index is 11.9. The molecule has 0 fully saturated rings. The van der Waals surface area contributed by atoms with Crippen LogP contribution in [-0.4, -0.2) is 10.9 Å². The Kier molecular flexibility index (Phi) is 4.29. The molecule has 0 unspecified atom stereocenters. The first-order valence-corrected chi connectivity index (χ1v) is 6.80. The lowest BCUT2D eigenvalue weighted by molar-refractivity contribution is 0.0946. The fraction of sp³-hybridized carbons (Fsp3) is 0.0909. The minimum absolute atomic E-state index is 0.229. The number of thiophene rings is 1. The molecule has 7 heteroatoms. The molecule has 18 heavy (non-hydrogen) atoms. The van der Waals surface area contributed by atoms with Crippen molar-refractivity contribution in [2.24, 2.45) is 5.84 Å². The number of hydrogen-bond acceptors (Lipinski definition) is 5. The van der Waals surface area contributed by atoms with Gasteiger partial charge in [0.05, 0.1) is 12.2 Å². The van der Waals surface area contributed by atoms with Crippen molar-refractivity contribution in [3.63, 3.8) is 0 Å². The van der Waals surface area contributed by atoms with Crippen LogP contribution in [0, 0.1) is 0 Å². The lowest BCUT2D eigenvalue weighted by atomic mass is 10.3. The number of anilines is 1. The lowest BCUT2D eigenvalue weighted by Gasteiger charge is -2.05. The molecule has 5 nitrogen and oxygen atoms in total. The highest BCUT2D eigenvalue weighted by Gasteiger charge is 2.09. The van der Waals surface area contributed by atoms with Crippen molar-refractivity contribution in [3.05, 3.63) is 44.8 Å². The van der Waals surface area contributed by atoms with Gasteiger partial charge in [-0.2, -0.15) is 0 Å². The predicted octanol–water partition coefficient (Wildman–Crippen LogP) is 2.12. The second-order valence-electron chi connectivity index (χ2n) is 3.45. The zero-order valence-corrected chi connectivity index (χ0v) is 11.7. The van der Waals surface area contributed by atoms with Gasteiger partial charge in [-0.3, -0.25) is 15.6 Å². The van der Waals surface area contributed by atoms with E-state index in [9.17, 15) is 4.79 Å². The Bertz CT molecular complexity index is 557. The fourth-order valence-corrected chi connectivity index (χ4v) is 2.78. The van der Waals surface area contributed by atoms with E-state index in [0.717, 1.165) is 9.35 Å². The first-order chi connectivity index (χ1) is 8.70. The molecule has 0 radical (unpaired) electrons. The number of hydrazine groups is 1. The van der Waals surface area contributed by atoms with Crippen molar-refractivity contribution in [3.8, 4) is 0 Å². The highest BCUT2D eigenvalue weighted by atomic mass is 79.9. The van der Waals surface area contributed by atoms with Crippen LogP contribution in [-0.2, 0) is 6.54 Å². The molecule has 2 aromatic heterocycles. The van der Waals surface area contributed by atoms with E-state index in [0.29, 0.717) is 17.9 Å². The van der Waals surface area contributed by atoms with Gasteiger partial charge in [-0.25, -0.2) is 0 Å². The molecule has 0 aliphatic heterocycles. The molecule has 0 aromatic carbocycles. The molecule has 2 rings (SSSR count). The average molecular weight is 327 g/mol. The van der Waals surface area contributed by atoms with E-state index in [2.05, 4.69) is 31.7 Å². The van der Waals surface area contributed by atoms with E-state index in [4.69, 9.17) is 5.84 Å². The summed E-state index contributed by atoms with van der Waals surface area (Å²) >= 11 is 4.99. The van der Waals surface area contributed by atoms with E-state index in [1.54, 1.807) is 23.5 Å². The second-order valence-corrected chi connectivity index (χ2v) is 5.30. The van der Waals surface area contributed by atoms with Gasteiger partial charge in [0.2, 0.25) is 0 Å². The molecule has 0 aliphatic carbocycles. The summed E-state index contributed by atoms with van der Waals surface area (Å²) < 4.78 is 0.998. The molecule has 0 bridgehead atoms. The van der Waals surface area contributed by atoms with Crippen molar-refractivity contribution in [2.45, 2.75) is 6.54 Å². The molecule has 1 amide bonds. The first-order valence-electron chi connectivity index (χ1n) is 5.13. The summed E-state index contributed by atoms with van der Waals surface area (Å²) in [5.74, 6) is 5.05. The number of carbonyl (C=O) groups excluding carboxylic acids is 1. The topological polar surface area (TPSA) is 80.0 Å².